The number of alkyl halides is 3. The minimum absolute atomic E-state index is 0.0440. The van der Waals surface area contributed by atoms with Crippen molar-refractivity contribution in [3.8, 4) is 10.7 Å². The summed E-state index contributed by atoms with van der Waals surface area (Å²) in [7, 11) is 0. The lowest BCUT2D eigenvalue weighted by molar-refractivity contribution is -0.138. The average molecular weight is 421 g/mol. The monoisotopic (exact) mass is 421 g/mol. The van der Waals surface area contributed by atoms with Crippen LogP contribution in [0.15, 0.2) is 46.3 Å². The molecule has 3 heterocycles. The fourth-order valence-electron chi connectivity index (χ4n) is 3.43. The average Bonchev–Trinajstić information content (AvgIpc) is 3.39. The number of rotatable bonds is 4. The summed E-state index contributed by atoms with van der Waals surface area (Å²) in [5.41, 5.74) is -0.371. The minimum atomic E-state index is -4.41. The number of nitrogens with zero attached hydrogens (tertiary/aromatic N) is 3. The smallest absolute Gasteiger partial charge is 0.342 e. The van der Waals surface area contributed by atoms with Crippen LogP contribution < -0.4 is 0 Å². The third-order valence-electron chi connectivity index (χ3n) is 4.99. The van der Waals surface area contributed by atoms with Crippen LogP contribution in [0, 0.1) is 0 Å². The van der Waals surface area contributed by atoms with Crippen molar-refractivity contribution in [1.82, 2.24) is 15.0 Å². The Morgan fingerprint density at radius 2 is 2.00 bits per heavy atom. The lowest BCUT2D eigenvalue weighted by atomic mass is 9.96. The van der Waals surface area contributed by atoms with E-state index in [0.717, 1.165) is 17.0 Å². The molecule has 0 spiro atoms. The van der Waals surface area contributed by atoms with Gasteiger partial charge in [-0.25, -0.2) is 0 Å². The van der Waals surface area contributed by atoms with Crippen LogP contribution in [0.2, 0.25) is 0 Å². The number of carbonyl (C=O) groups excluding carboxylic acids is 1. The topological polar surface area (TPSA) is 59.2 Å². The van der Waals surface area contributed by atoms with Gasteiger partial charge in [0.05, 0.1) is 16.9 Å². The summed E-state index contributed by atoms with van der Waals surface area (Å²) in [6.07, 6.45) is -3.10. The van der Waals surface area contributed by atoms with Crippen molar-refractivity contribution in [2.75, 3.05) is 13.1 Å². The largest absolute Gasteiger partial charge is 0.416 e. The molecule has 1 fully saturated rings. The van der Waals surface area contributed by atoms with Crippen molar-refractivity contribution in [2.45, 2.75) is 31.4 Å². The maximum atomic E-state index is 12.8. The zero-order valence-electron chi connectivity index (χ0n) is 15.4. The van der Waals surface area contributed by atoms with Gasteiger partial charge >= 0.3 is 6.18 Å². The molecular formula is C20H18F3N3O2S. The lowest BCUT2D eigenvalue weighted by Crippen LogP contribution is -2.38. The molecule has 1 amide bonds. The highest BCUT2D eigenvalue weighted by molar-refractivity contribution is 7.13. The molecule has 0 aliphatic carbocycles. The van der Waals surface area contributed by atoms with Crippen molar-refractivity contribution in [3.63, 3.8) is 0 Å². The second kappa shape index (κ2) is 7.98. The Balaban J connectivity index is 1.34. The van der Waals surface area contributed by atoms with E-state index in [2.05, 4.69) is 10.1 Å². The van der Waals surface area contributed by atoms with Crippen molar-refractivity contribution >= 4 is 17.2 Å². The molecule has 5 nitrogen and oxygen atoms in total. The normalized spacial score (nSPS) is 15.6. The van der Waals surface area contributed by atoms with E-state index in [9.17, 15) is 18.0 Å². The highest BCUT2D eigenvalue weighted by Crippen LogP contribution is 2.31. The van der Waals surface area contributed by atoms with Crippen molar-refractivity contribution in [3.05, 3.63) is 58.8 Å². The summed E-state index contributed by atoms with van der Waals surface area (Å²) in [4.78, 5) is 19.6. The molecule has 1 aromatic carbocycles. The Bertz CT molecular complexity index is 977. The van der Waals surface area contributed by atoms with Gasteiger partial charge in [-0.05, 0) is 35.9 Å². The predicted molar refractivity (Wildman–Crippen MR) is 101 cm³/mol. The SMILES string of the molecule is O=C(Cc1cccc(C(F)(F)F)c1)N1CCC(c2nc(-c3cccs3)no2)CC1. The van der Waals surface area contributed by atoms with E-state index in [1.54, 1.807) is 11.0 Å². The number of likely N-dealkylation sites (tertiary alicyclic amines) is 1. The van der Waals surface area contributed by atoms with E-state index < -0.39 is 11.7 Å². The second-order valence-corrected chi connectivity index (χ2v) is 7.91. The first-order chi connectivity index (χ1) is 13.9. The molecule has 0 radical (unpaired) electrons. The van der Waals surface area contributed by atoms with Crippen molar-refractivity contribution in [2.24, 2.45) is 0 Å². The van der Waals surface area contributed by atoms with Crippen LogP contribution in [0.1, 0.15) is 35.8 Å². The standard InChI is InChI=1S/C20H18F3N3O2S/c21-20(22,23)15-4-1-3-13(11-15)12-17(27)26-8-6-14(7-9-26)19-24-18(25-28-19)16-5-2-10-29-16/h1-5,10-11,14H,6-9,12H2. The van der Waals surface area contributed by atoms with Gasteiger partial charge in [-0.3, -0.25) is 4.79 Å². The molecule has 29 heavy (non-hydrogen) atoms. The fourth-order valence-corrected chi connectivity index (χ4v) is 4.08. The van der Waals surface area contributed by atoms with Crippen LogP contribution in [0.4, 0.5) is 13.2 Å². The van der Waals surface area contributed by atoms with Crippen LogP contribution in [-0.4, -0.2) is 34.0 Å². The van der Waals surface area contributed by atoms with Crippen LogP contribution in [0.5, 0.6) is 0 Å². The molecule has 9 heteroatoms. The van der Waals surface area contributed by atoms with E-state index in [4.69, 9.17) is 4.52 Å². The van der Waals surface area contributed by atoms with Gasteiger partial charge in [-0.1, -0.05) is 29.4 Å². The Labute approximate surface area is 169 Å². The first kappa shape index (κ1) is 19.6. The summed E-state index contributed by atoms with van der Waals surface area (Å²) in [6, 6.07) is 8.77. The number of benzene rings is 1. The van der Waals surface area contributed by atoms with Gasteiger partial charge in [0.25, 0.3) is 0 Å². The number of carbonyl (C=O) groups is 1. The number of amides is 1. The molecule has 3 aromatic rings. The fraction of sp³-hybridized carbons (Fsp3) is 0.350. The van der Waals surface area contributed by atoms with Crippen LogP contribution >= 0.6 is 11.3 Å². The highest BCUT2D eigenvalue weighted by atomic mass is 32.1. The summed E-state index contributed by atoms with van der Waals surface area (Å²) < 4.78 is 43.9. The summed E-state index contributed by atoms with van der Waals surface area (Å²) >= 11 is 1.54. The summed E-state index contributed by atoms with van der Waals surface area (Å²) in [6.45, 7) is 1.03. The maximum Gasteiger partial charge on any atom is 0.416 e. The lowest BCUT2D eigenvalue weighted by Gasteiger charge is -2.30. The van der Waals surface area contributed by atoms with Crippen LogP contribution in [0.3, 0.4) is 0 Å². The van der Waals surface area contributed by atoms with Gasteiger partial charge in [-0.15, -0.1) is 11.3 Å². The van der Waals surface area contributed by atoms with Gasteiger partial charge < -0.3 is 9.42 Å². The quantitative estimate of drug-likeness (QED) is 0.609. The number of piperidine rings is 1. The van der Waals surface area contributed by atoms with Gasteiger partial charge in [0.1, 0.15) is 0 Å². The van der Waals surface area contributed by atoms with Gasteiger partial charge in [-0.2, -0.15) is 18.2 Å². The third-order valence-corrected chi connectivity index (χ3v) is 5.86. The Morgan fingerprint density at radius 3 is 2.69 bits per heavy atom. The second-order valence-electron chi connectivity index (χ2n) is 6.96. The van der Waals surface area contributed by atoms with Crippen LogP contribution in [0.25, 0.3) is 10.7 Å². The third kappa shape index (κ3) is 4.50. The molecule has 0 saturated carbocycles. The van der Waals surface area contributed by atoms with E-state index >= 15 is 0 Å². The number of hydrogen-bond donors (Lipinski definition) is 0. The van der Waals surface area contributed by atoms with E-state index in [-0.39, 0.29) is 18.2 Å². The Hall–Kier alpha value is -2.68. The maximum absolute atomic E-state index is 12.8. The van der Waals surface area contributed by atoms with Crippen molar-refractivity contribution < 1.29 is 22.5 Å². The molecule has 0 N–H and O–H groups in total. The summed E-state index contributed by atoms with van der Waals surface area (Å²) in [5, 5.41) is 5.97. The minimum Gasteiger partial charge on any atom is -0.342 e. The molecule has 4 rings (SSSR count). The van der Waals surface area contributed by atoms with E-state index in [1.807, 2.05) is 17.5 Å². The van der Waals surface area contributed by atoms with Crippen molar-refractivity contribution in [1.29, 1.82) is 0 Å². The molecule has 2 aromatic heterocycles. The molecular weight excluding hydrogens is 403 g/mol. The first-order valence-corrected chi connectivity index (χ1v) is 10.1. The molecule has 1 aliphatic rings. The number of halogens is 3. The first-order valence-electron chi connectivity index (χ1n) is 9.21. The number of hydrogen-bond acceptors (Lipinski definition) is 5. The Morgan fingerprint density at radius 1 is 1.21 bits per heavy atom. The van der Waals surface area contributed by atoms with Gasteiger partial charge in [0.2, 0.25) is 17.6 Å². The van der Waals surface area contributed by atoms with E-state index in [1.165, 1.54) is 17.4 Å². The zero-order chi connectivity index (χ0) is 20.4. The highest BCUT2D eigenvalue weighted by Gasteiger charge is 2.31. The number of thiophene rings is 1. The molecule has 1 aliphatic heterocycles. The molecule has 0 bridgehead atoms. The van der Waals surface area contributed by atoms with Gasteiger partial charge in [0, 0.05) is 19.0 Å². The summed E-state index contributed by atoms with van der Waals surface area (Å²) in [5.74, 6) is 1.04. The van der Waals surface area contributed by atoms with E-state index in [0.29, 0.717) is 43.2 Å². The molecule has 0 atom stereocenters. The van der Waals surface area contributed by atoms with Crippen LogP contribution in [-0.2, 0) is 17.4 Å². The predicted octanol–water partition coefficient (Wildman–Crippen LogP) is 4.77. The molecule has 1 saturated heterocycles. The molecule has 0 unspecified atom stereocenters. The zero-order valence-corrected chi connectivity index (χ0v) is 16.2. The molecule has 152 valence electrons. The Kier molecular flexibility index (Phi) is 5.40. The van der Waals surface area contributed by atoms with Gasteiger partial charge in [0.15, 0.2) is 0 Å². The number of aromatic nitrogens is 2.